The molecule has 24 heavy (non-hydrogen) atoms. The van der Waals surface area contributed by atoms with Crippen molar-refractivity contribution >= 4 is 24.2 Å². The fourth-order valence-corrected chi connectivity index (χ4v) is 9.85. The van der Waals surface area contributed by atoms with Gasteiger partial charge in [-0.2, -0.15) is 0 Å². The summed E-state index contributed by atoms with van der Waals surface area (Å²) in [7, 11) is -0.940. The quantitative estimate of drug-likeness (QED) is 0.152. The molecule has 0 aliphatic carbocycles. The van der Waals surface area contributed by atoms with Crippen molar-refractivity contribution in [3.8, 4) is 0 Å². The van der Waals surface area contributed by atoms with E-state index in [4.69, 9.17) is 0 Å². The Kier molecular flexibility index (Phi) is 22.9. The normalized spacial score (nSPS) is 12.2. The van der Waals surface area contributed by atoms with E-state index in [2.05, 4.69) is 27.7 Å². The molecular weight excluding hydrogens is 375 g/mol. The van der Waals surface area contributed by atoms with Gasteiger partial charge in [-0.15, -0.1) is 17.0 Å². The SMILES string of the molecule is Br.CCCCCCCCCC[PH](CCCC)(CCCC)CCCC. The molecule has 2 heteroatoms. The summed E-state index contributed by atoms with van der Waals surface area (Å²) in [6.45, 7) is 9.46. The first-order valence-electron chi connectivity index (χ1n) is 11.2. The molecule has 0 rings (SSSR count). The van der Waals surface area contributed by atoms with Crippen molar-refractivity contribution in [3.05, 3.63) is 0 Å². The first-order valence-corrected chi connectivity index (χ1v) is 14.1. The third-order valence-electron chi connectivity index (χ3n) is 5.74. The van der Waals surface area contributed by atoms with Crippen LogP contribution in [-0.4, -0.2) is 24.6 Å². The van der Waals surface area contributed by atoms with Crippen LogP contribution in [0.5, 0.6) is 0 Å². The van der Waals surface area contributed by atoms with Gasteiger partial charge in [0.25, 0.3) is 0 Å². The van der Waals surface area contributed by atoms with Gasteiger partial charge in [0.15, 0.2) is 0 Å². The van der Waals surface area contributed by atoms with E-state index >= 15 is 0 Å². The van der Waals surface area contributed by atoms with Crippen molar-refractivity contribution in [2.75, 3.05) is 24.6 Å². The first kappa shape index (κ1) is 27.1. The van der Waals surface area contributed by atoms with Crippen molar-refractivity contribution in [1.29, 1.82) is 0 Å². The van der Waals surface area contributed by atoms with Gasteiger partial charge < -0.3 is 0 Å². The summed E-state index contributed by atoms with van der Waals surface area (Å²) >= 11 is 0. The Balaban J connectivity index is 0. The Bertz CT molecular complexity index is 208. The fraction of sp³-hybridized carbons (Fsp3) is 1.00. The van der Waals surface area contributed by atoms with Crippen LogP contribution in [0.2, 0.25) is 0 Å². The van der Waals surface area contributed by atoms with Crippen LogP contribution in [0.3, 0.4) is 0 Å². The number of unbranched alkanes of at least 4 members (excludes halogenated alkanes) is 10. The molecule has 0 unspecified atom stereocenters. The van der Waals surface area contributed by atoms with Crippen LogP contribution < -0.4 is 0 Å². The van der Waals surface area contributed by atoms with E-state index in [9.17, 15) is 0 Å². The van der Waals surface area contributed by atoms with Gasteiger partial charge in [0, 0.05) is 0 Å². The molecule has 0 bridgehead atoms. The zero-order chi connectivity index (χ0) is 17.2. The second kappa shape index (κ2) is 20.2. The van der Waals surface area contributed by atoms with Crippen LogP contribution in [0.1, 0.15) is 118 Å². The third kappa shape index (κ3) is 15.2. The number of hydrogen-bond donors (Lipinski definition) is 0. The molecule has 0 nitrogen and oxygen atoms in total. The van der Waals surface area contributed by atoms with Crippen molar-refractivity contribution in [1.82, 2.24) is 0 Å². The fourth-order valence-electron chi connectivity index (χ4n) is 4.04. The average molecular weight is 426 g/mol. The minimum absolute atomic E-state index is 0. The van der Waals surface area contributed by atoms with Crippen LogP contribution in [0, 0.1) is 0 Å². The molecule has 0 N–H and O–H groups in total. The van der Waals surface area contributed by atoms with Crippen LogP contribution in [0.25, 0.3) is 0 Å². The Hall–Kier alpha value is 0.910. The van der Waals surface area contributed by atoms with Crippen LogP contribution in [0.4, 0.5) is 0 Å². The number of hydrogen-bond acceptors (Lipinski definition) is 0. The molecule has 0 aromatic rings. The molecule has 0 saturated heterocycles. The Labute approximate surface area is 166 Å². The second-order valence-electron chi connectivity index (χ2n) is 8.04. The summed E-state index contributed by atoms with van der Waals surface area (Å²) in [5.41, 5.74) is 0. The van der Waals surface area contributed by atoms with E-state index in [1.807, 2.05) is 0 Å². The molecular formula is C22H50BrP. The van der Waals surface area contributed by atoms with Gasteiger partial charge in [0.05, 0.1) is 0 Å². The third-order valence-corrected chi connectivity index (χ3v) is 11.4. The van der Waals surface area contributed by atoms with E-state index in [1.54, 1.807) is 31.1 Å². The van der Waals surface area contributed by atoms with E-state index in [1.165, 1.54) is 83.5 Å². The van der Waals surface area contributed by atoms with E-state index in [0.29, 0.717) is 0 Å². The van der Waals surface area contributed by atoms with Gasteiger partial charge in [0.1, 0.15) is 0 Å². The van der Waals surface area contributed by atoms with Gasteiger partial charge in [-0.05, 0) is 0 Å². The maximum atomic E-state index is 2.38. The molecule has 0 spiro atoms. The minimum atomic E-state index is -0.940. The molecule has 0 atom stereocenters. The Morgan fingerprint density at radius 1 is 0.375 bits per heavy atom. The zero-order valence-electron chi connectivity index (χ0n) is 17.6. The van der Waals surface area contributed by atoms with Gasteiger partial charge >= 0.3 is 149 Å². The summed E-state index contributed by atoms with van der Waals surface area (Å²) in [5, 5.41) is 0. The standard InChI is InChI=1S/C22H49P.BrH/c1-5-9-13-14-15-16-17-18-22-23(19-10-6-2,20-11-7-3)21-12-8-4;/h23H,5-22H2,1-4H3;1H. The second-order valence-corrected chi connectivity index (χ2v) is 13.0. The van der Waals surface area contributed by atoms with Gasteiger partial charge in [-0.1, -0.05) is 0 Å². The van der Waals surface area contributed by atoms with Crippen molar-refractivity contribution < 1.29 is 0 Å². The molecule has 0 saturated carbocycles. The summed E-state index contributed by atoms with van der Waals surface area (Å²) < 4.78 is 0. The molecule has 0 aromatic carbocycles. The molecule has 0 heterocycles. The maximum absolute atomic E-state index is 2.38. The summed E-state index contributed by atoms with van der Waals surface area (Å²) in [6.07, 6.45) is 27.2. The van der Waals surface area contributed by atoms with Crippen LogP contribution >= 0.6 is 24.2 Å². The van der Waals surface area contributed by atoms with Crippen molar-refractivity contribution in [2.45, 2.75) is 118 Å². The van der Waals surface area contributed by atoms with Crippen LogP contribution in [0.15, 0.2) is 0 Å². The molecule has 0 aromatic heterocycles. The number of rotatable bonds is 18. The molecule has 0 amide bonds. The molecule has 0 radical (unpaired) electrons. The monoisotopic (exact) mass is 424 g/mol. The predicted octanol–water partition coefficient (Wildman–Crippen LogP) is 8.86. The van der Waals surface area contributed by atoms with Crippen molar-refractivity contribution in [3.63, 3.8) is 0 Å². The summed E-state index contributed by atoms with van der Waals surface area (Å²) in [5.74, 6) is 0. The van der Waals surface area contributed by atoms with E-state index in [0.717, 1.165) is 0 Å². The van der Waals surface area contributed by atoms with Crippen molar-refractivity contribution in [2.24, 2.45) is 0 Å². The summed E-state index contributed by atoms with van der Waals surface area (Å²) in [6, 6.07) is 0. The molecule has 0 fully saturated rings. The molecule has 150 valence electrons. The van der Waals surface area contributed by atoms with Gasteiger partial charge in [0.2, 0.25) is 0 Å². The Morgan fingerprint density at radius 3 is 1.04 bits per heavy atom. The van der Waals surface area contributed by atoms with Gasteiger partial charge in [-0.3, -0.25) is 0 Å². The van der Waals surface area contributed by atoms with E-state index < -0.39 is 7.26 Å². The first-order chi connectivity index (χ1) is 11.2. The Morgan fingerprint density at radius 2 is 0.667 bits per heavy atom. The zero-order valence-corrected chi connectivity index (χ0v) is 20.3. The van der Waals surface area contributed by atoms with Crippen LogP contribution in [-0.2, 0) is 0 Å². The van der Waals surface area contributed by atoms with E-state index in [-0.39, 0.29) is 17.0 Å². The average Bonchev–Trinajstić information content (AvgIpc) is 2.58. The molecule has 0 aliphatic rings. The summed E-state index contributed by atoms with van der Waals surface area (Å²) in [4.78, 5) is 0. The van der Waals surface area contributed by atoms with Gasteiger partial charge in [-0.25, -0.2) is 0 Å². The predicted molar refractivity (Wildman–Crippen MR) is 125 cm³/mol. The molecule has 0 aliphatic heterocycles. The number of halogens is 1. The topological polar surface area (TPSA) is 0 Å².